The number of rotatable bonds is 3. The van der Waals surface area contributed by atoms with Gasteiger partial charge >= 0.3 is 0 Å². The molecule has 0 aromatic carbocycles. The minimum atomic E-state index is -1.73. The molecule has 3 rings (SSSR count). The summed E-state index contributed by atoms with van der Waals surface area (Å²) in [6.07, 6.45) is -4.05. The zero-order valence-electron chi connectivity index (χ0n) is 11.0. The van der Waals surface area contributed by atoms with E-state index in [0.717, 1.165) is 0 Å². The van der Waals surface area contributed by atoms with Gasteiger partial charge in [0.2, 0.25) is 11.8 Å². The fourth-order valence-corrected chi connectivity index (χ4v) is 2.31. The quantitative estimate of drug-likeness (QED) is 0.658. The highest BCUT2D eigenvalue weighted by Gasteiger charge is 2.45. The number of ether oxygens (including phenoxy) is 2. The number of aliphatic hydroxyl groups excluding tert-OH is 2. The summed E-state index contributed by atoms with van der Waals surface area (Å²) < 4.78 is 25.8. The van der Waals surface area contributed by atoms with Crippen LogP contribution in [-0.2, 0) is 4.74 Å². The number of fused-ring (bicyclic) bond motifs is 1. The molecule has 1 fully saturated rings. The van der Waals surface area contributed by atoms with E-state index in [2.05, 4.69) is 15.0 Å². The molecule has 0 bridgehead atoms. The largest absolute Gasteiger partial charge is 0.479 e. The molecule has 0 spiro atoms. The number of hydrogen-bond donors (Lipinski definition) is 3. The van der Waals surface area contributed by atoms with Gasteiger partial charge in [0.1, 0.15) is 12.2 Å². The van der Waals surface area contributed by atoms with Crippen LogP contribution in [0.15, 0.2) is 6.33 Å². The van der Waals surface area contributed by atoms with Gasteiger partial charge in [-0.3, -0.25) is 4.57 Å². The Kier molecular flexibility index (Phi) is 3.35. The Balaban J connectivity index is 2.07. The molecule has 0 saturated carbocycles. The second-order valence-electron chi connectivity index (χ2n) is 4.60. The van der Waals surface area contributed by atoms with Crippen LogP contribution in [0.3, 0.4) is 0 Å². The molecule has 21 heavy (non-hydrogen) atoms. The number of alkyl halides is 1. The van der Waals surface area contributed by atoms with E-state index < -0.39 is 31.2 Å². The number of methoxy groups -OCH3 is 1. The molecule has 9 nitrogen and oxygen atoms in total. The molecule has 1 saturated heterocycles. The average Bonchev–Trinajstić information content (AvgIpc) is 3.01. The number of anilines is 1. The van der Waals surface area contributed by atoms with Crippen LogP contribution in [-0.4, -0.2) is 61.8 Å². The number of nitrogens with zero attached hydrogens (tertiary/aromatic N) is 4. The summed E-state index contributed by atoms with van der Waals surface area (Å²) in [6, 6.07) is 0. The Morgan fingerprint density at radius 1 is 1.52 bits per heavy atom. The molecule has 0 radical (unpaired) electrons. The predicted octanol–water partition coefficient (Wildman–Crippen LogP) is -0.994. The molecule has 1 aliphatic rings. The standard InChI is InChI=1S/C11H14FN5O4/c1-20-9-6-8(15-11(13)16-9)17(3-14-6)10-5(12)7(19)4(2-18)21-10/h3-5,7,10,18-19H,2H2,1H3,(H2,13,15,16)/t4-,5-,7?,10-/m1/s1. The van der Waals surface area contributed by atoms with E-state index in [1.807, 2.05) is 0 Å². The van der Waals surface area contributed by atoms with E-state index >= 15 is 0 Å². The van der Waals surface area contributed by atoms with E-state index in [1.54, 1.807) is 0 Å². The third-order valence-electron chi connectivity index (χ3n) is 3.35. The van der Waals surface area contributed by atoms with Crippen LogP contribution in [0.5, 0.6) is 5.88 Å². The van der Waals surface area contributed by atoms with Crippen molar-refractivity contribution in [3.05, 3.63) is 6.33 Å². The molecule has 1 unspecified atom stereocenters. The molecule has 4 N–H and O–H groups in total. The van der Waals surface area contributed by atoms with Crippen molar-refractivity contribution < 1.29 is 24.1 Å². The predicted molar refractivity (Wildman–Crippen MR) is 68.2 cm³/mol. The summed E-state index contributed by atoms with van der Waals surface area (Å²) in [6.45, 7) is -0.495. The van der Waals surface area contributed by atoms with Crippen molar-refractivity contribution in [3.63, 3.8) is 0 Å². The Hall–Kier alpha value is -2.04. The topological polar surface area (TPSA) is 129 Å². The van der Waals surface area contributed by atoms with Crippen molar-refractivity contribution >= 4 is 17.1 Å². The van der Waals surface area contributed by atoms with Crippen molar-refractivity contribution in [2.75, 3.05) is 19.5 Å². The Morgan fingerprint density at radius 2 is 2.29 bits per heavy atom. The first-order valence-corrected chi connectivity index (χ1v) is 6.19. The number of nitrogens with two attached hydrogens (primary N) is 1. The highest BCUT2D eigenvalue weighted by atomic mass is 19.1. The Bertz CT molecular complexity index is 665. The van der Waals surface area contributed by atoms with Crippen LogP contribution < -0.4 is 10.5 Å². The van der Waals surface area contributed by atoms with Gasteiger partial charge in [-0.25, -0.2) is 9.37 Å². The van der Waals surface area contributed by atoms with Crippen LogP contribution in [0, 0.1) is 0 Å². The van der Waals surface area contributed by atoms with E-state index in [9.17, 15) is 9.50 Å². The number of aromatic nitrogens is 4. The lowest BCUT2D eigenvalue weighted by atomic mass is 10.1. The highest BCUT2D eigenvalue weighted by Crippen LogP contribution is 2.34. The van der Waals surface area contributed by atoms with Gasteiger partial charge in [-0.05, 0) is 0 Å². The van der Waals surface area contributed by atoms with Gasteiger partial charge in [0.05, 0.1) is 20.0 Å². The van der Waals surface area contributed by atoms with Crippen LogP contribution in [0.25, 0.3) is 11.2 Å². The lowest BCUT2D eigenvalue weighted by molar-refractivity contribution is -0.0459. The van der Waals surface area contributed by atoms with Crippen LogP contribution >= 0.6 is 0 Å². The fraction of sp³-hybridized carbons (Fsp3) is 0.545. The lowest BCUT2D eigenvalue weighted by Gasteiger charge is -2.15. The van der Waals surface area contributed by atoms with Crippen molar-refractivity contribution in [1.82, 2.24) is 19.5 Å². The van der Waals surface area contributed by atoms with Gasteiger partial charge in [0.25, 0.3) is 0 Å². The van der Waals surface area contributed by atoms with Gasteiger partial charge in [-0.15, -0.1) is 0 Å². The number of nitrogen functional groups attached to an aromatic ring is 1. The van der Waals surface area contributed by atoms with Crippen LogP contribution in [0.4, 0.5) is 10.3 Å². The maximum absolute atomic E-state index is 14.2. The maximum atomic E-state index is 14.2. The summed E-state index contributed by atoms with van der Waals surface area (Å²) in [7, 11) is 1.40. The normalized spacial score (nSPS) is 29.1. The average molecular weight is 299 g/mol. The molecule has 3 heterocycles. The first kappa shape index (κ1) is 13.9. The molecule has 10 heteroatoms. The molecule has 0 amide bonds. The Labute approximate surface area is 118 Å². The SMILES string of the molecule is COc1nc(N)nc2c1ncn2[C@@H]1O[C@H](CO)C(O)[C@H]1F. The monoisotopic (exact) mass is 299 g/mol. The van der Waals surface area contributed by atoms with Crippen molar-refractivity contribution in [3.8, 4) is 5.88 Å². The molecule has 114 valence electrons. The van der Waals surface area contributed by atoms with Crippen LogP contribution in [0.2, 0.25) is 0 Å². The summed E-state index contributed by atoms with van der Waals surface area (Å²) in [5, 5.41) is 18.7. The van der Waals surface area contributed by atoms with Crippen LogP contribution in [0.1, 0.15) is 6.23 Å². The zero-order chi connectivity index (χ0) is 15.1. The fourth-order valence-electron chi connectivity index (χ4n) is 2.31. The molecule has 1 aliphatic heterocycles. The smallest absolute Gasteiger partial charge is 0.246 e. The Morgan fingerprint density at radius 3 is 2.90 bits per heavy atom. The van der Waals surface area contributed by atoms with Gasteiger partial charge in [-0.1, -0.05) is 0 Å². The van der Waals surface area contributed by atoms with E-state index in [1.165, 1.54) is 18.0 Å². The number of hydrogen-bond acceptors (Lipinski definition) is 8. The molecule has 4 atom stereocenters. The maximum Gasteiger partial charge on any atom is 0.246 e. The summed E-state index contributed by atoms with van der Waals surface area (Å²) in [4.78, 5) is 11.9. The molecule has 2 aromatic heterocycles. The van der Waals surface area contributed by atoms with E-state index in [4.69, 9.17) is 20.3 Å². The third-order valence-corrected chi connectivity index (χ3v) is 3.35. The first-order chi connectivity index (χ1) is 10.1. The van der Waals surface area contributed by atoms with E-state index in [0.29, 0.717) is 5.52 Å². The number of imidazole rings is 1. The summed E-state index contributed by atoms with van der Waals surface area (Å²) >= 11 is 0. The molecular weight excluding hydrogens is 285 g/mol. The second-order valence-corrected chi connectivity index (χ2v) is 4.60. The zero-order valence-corrected chi connectivity index (χ0v) is 11.0. The number of aliphatic hydroxyl groups is 2. The van der Waals surface area contributed by atoms with Gasteiger partial charge in [-0.2, -0.15) is 9.97 Å². The molecule has 0 aliphatic carbocycles. The minimum absolute atomic E-state index is 0.0613. The summed E-state index contributed by atoms with van der Waals surface area (Å²) in [5.74, 6) is 0.0951. The van der Waals surface area contributed by atoms with E-state index in [-0.39, 0.29) is 17.5 Å². The van der Waals surface area contributed by atoms with Gasteiger partial charge in [0.15, 0.2) is 23.6 Å². The van der Waals surface area contributed by atoms with Gasteiger partial charge in [0, 0.05) is 0 Å². The molecule has 2 aromatic rings. The second kappa shape index (κ2) is 5.06. The van der Waals surface area contributed by atoms with Crippen molar-refractivity contribution in [2.45, 2.75) is 24.6 Å². The number of halogens is 1. The van der Waals surface area contributed by atoms with Gasteiger partial charge < -0.3 is 25.4 Å². The molecular formula is C11H14FN5O4. The minimum Gasteiger partial charge on any atom is -0.479 e. The first-order valence-electron chi connectivity index (χ1n) is 6.19. The van der Waals surface area contributed by atoms with Crippen molar-refractivity contribution in [1.29, 1.82) is 0 Å². The van der Waals surface area contributed by atoms with Crippen molar-refractivity contribution in [2.24, 2.45) is 0 Å². The summed E-state index contributed by atoms with van der Waals surface area (Å²) in [5.41, 5.74) is 6.09. The highest BCUT2D eigenvalue weighted by molar-refractivity contribution is 5.77. The lowest BCUT2D eigenvalue weighted by Crippen LogP contribution is -2.30. The third kappa shape index (κ3) is 2.07.